The van der Waals surface area contributed by atoms with Crippen LogP contribution in [0.25, 0.3) is 0 Å². The number of rotatable bonds is 4. The Balaban J connectivity index is 1.61. The van der Waals surface area contributed by atoms with Crippen LogP contribution in [0.1, 0.15) is 24.5 Å². The molecule has 0 amide bonds. The Bertz CT molecular complexity index is 554. The van der Waals surface area contributed by atoms with Crippen molar-refractivity contribution in [3.05, 3.63) is 35.4 Å². The van der Waals surface area contributed by atoms with E-state index in [9.17, 15) is 0 Å². The number of aryl methyl sites for hydroxylation is 1. The molecule has 3 rings (SSSR count). The van der Waals surface area contributed by atoms with Gasteiger partial charge >= 0.3 is 0 Å². The number of likely N-dealkylation sites (tertiary alicyclic amines) is 1. The predicted octanol–water partition coefficient (Wildman–Crippen LogP) is 1.87. The Kier molecular flexibility index (Phi) is 6.10. The highest BCUT2D eigenvalue weighted by atomic mass is 16.5. The fraction of sp³-hybridized carbons (Fsp3) is 0.632. The van der Waals surface area contributed by atoms with Crippen LogP contribution in [0.4, 0.5) is 0 Å². The van der Waals surface area contributed by atoms with Gasteiger partial charge in [0.1, 0.15) is 0 Å². The summed E-state index contributed by atoms with van der Waals surface area (Å²) in [6.07, 6.45) is 1.22. The van der Waals surface area contributed by atoms with Crippen LogP contribution < -0.4 is 5.32 Å². The van der Waals surface area contributed by atoms with Crippen molar-refractivity contribution in [3.63, 3.8) is 0 Å². The zero-order valence-corrected chi connectivity index (χ0v) is 15.0. The number of hydrogen-bond acceptors (Lipinski definition) is 3. The molecule has 2 aliphatic heterocycles. The van der Waals surface area contributed by atoms with Crippen molar-refractivity contribution < 1.29 is 4.74 Å². The first-order valence-corrected chi connectivity index (χ1v) is 9.17. The molecule has 2 saturated heterocycles. The SMILES string of the molecule is CCNC(=NCc1cccc(C)c1)N1CCC(N2CCOCC2)C1. The third-order valence-corrected chi connectivity index (χ3v) is 4.85. The summed E-state index contributed by atoms with van der Waals surface area (Å²) in [5.74, 6) is 1.05. The third-order valence-electron chi connectivity index (χ3n) is 4.85. The zero-order chi connectivity index (χ0) is 16.8. The van der Waals surface area contributed by atoms with Crippen LogP contribution in [0, 0.1) is 6.92 Å². The number of hydrogen-bond donors (Lipinski definition) is 1. The maximum absolute atomic E-state index is 5.48. The average molecular weight is 330 g/mol. The van der Waals surface area contributed by atoms with Gasteiger partial charge in [0.15, 0.2) is 5.96 Å². The molecule has 0 aliphatic carbocycles. The minimum Gasteiger partial charge on any atom is -0.379 e. The van der Waals surface area contributed by atoms with Crippen LogP contribution in [-0.2, 0) is 11.3 Å². The quantitative estimate of drug-likeness (QED) is 0.676. The highest BCUT2D eigenvalue weighted by Crippen LogP contribution is 2.17. The van der Waals surface area contributed by atoms with Crippen molar-refractivity contribution in [2.45, 2.75) is 32.9 Å². The molecule has 1 N–H and O–H groups in total. The van der Waals surface area contributed by atoms with E-state index in [1.54, 1.807) is 0 Å². The molecule has 2 fully saturated rings. The number of aliphatic imine (C=N–C) groups is 1. The summed E-state index contributed by atoms with van der Waals surface area (Å²) >= 11 is 0. The van der Waals surface area contributed by atoms with Gasteiger partial charge in [-0.15, -0.1) is 0 Å². The Hall–Kier alpha value is -1.59. The summed E-state index contributed by atoms with van der Waals surface area (Å²) in [5, 5.41) is 3.47. The van der Waals surface area contributed by atoms with Gasteiger partial charge in [-0.25, -0.2) is 4.99 Å². The van der Waals surface area contributed by atoms with Gasteiger partial charge in [-0.2, -0.15) is 0 Å². The molecule has 0 bridgehead atoms. The molecule has 0 aromatic heterocycles. The molecule has 2 heterocycles. The van der Waals surface area contributed by atoms with E-state index < -0.39 is 0 Å². The first kappa shape index (κ1) is 17.2. The van der Waals surface area contributed by atoms with E-state index in [-0.39, 0.29) is 0 Å². The highest BCUT2D eigenvalue weighted by Gasteiger charge is 2.30. The van der Waals surface area contributed by atoms with Crippen LogP contribution >= 0.6 is 0 Å². The van der Waals surface area contributed by atoms with E-state index in [2.05, 4.69) is 53.2 Å². The molecule has 2 aliphatic rings. The molecule has 1 aromatic carbocycles. The van der Waals surface area contributed by atoms with Crippen molar-refractivity contribution in [2.75, 3.05) is 45.9 Å². The number of benzene rings is 1. The van der Waals surface area contributed by atoms with Gasteiger partial charge in [0.05, 0.1) is 19.8 Å². The zero-order valence-electron chi connectivity index (χ0n) is 15.0. The summed E-state index contributed by atoms with van der Waals surface area (Å²) in [4.78, 5) is 9.87. The van der Waals surface area contributed by atoms with Crippen molar-refractivity contribution in [3.8, 4) is 0 Å². The minimum absolute atomic E-state index is 0.636. The van der Waals surface area contributed by atoms with Crippen LogP contribution in [-0.4, -0.2) is 67.7 Å². The van der Waals surface area contributed by atoms with Gasteiger partial charge in [0.25, 0.3) is 0 Å². The molecule has 0 spiro atoms. The molecule has 1 aromatic rings. The molecule has 24 heavy (non-hydrogen) atoms. The molecule has 0 radical (unpaired) electrons. The van der Waals surface area contributed by atoms with E-state index in [1.807, 2.05) is 0 Å². The highest BCUT2D eigenvalue weighted by molar-refractivity contribution is 5.80. The molecular formula is C19H30N4O. The Morgan fingerprint density at radius 1 is 1.29 bits per heavy atom. The lowest BCUT2D eigenvalue weighted by Crippen LogP contribution is -2.46. The fourth-order valence-electron chi connectivity index (χ4n) is 3.58. The topological polar surface area (TPSA) is 40.1 Å². The maximum Gasteiger partial charge on any atom is 0.194 e. The number of morpholine rings is 1. The van der Waals surface area contributed by atoms with Crippen molar-refractivity contribution >= 4 is 5.96 Å². The number of nitrogens with zero attached hydrogens (tertiary/aromatic N) is 3. The Morgan fingerprint density at radius 3 is 2.88 bits per heavy atom. The summed E-state index contributed by atoms with van der Waals surface area (Å²) in [6.45, 7) is 11.9. The number of ether oxygens (including phenoxy) is 1. The van der Waals surface area contributed by atoms with E-state index in [4.69, 9.17) is 9.73 Å². The van der Waals surface area contributed by atoms with E-state index in [0.29, 0.717) is 6.04 Å². The summed E-state index contributed by atoms with van der Waals surface area (Å²) < 4.78 is 5.48. The third kappa shape index (κ3) is 4.48. The lowest BCUT2D eigenvalue weighted by Gasteiger charge is -2.32. The molecule has 0 saturated carbocycles. The smallest absolute Gasteiger partial charge is 0.194 e. The lowest BCUT2D eigenvalue weighted by molar-refractivity contribution is 0.0195. The van der Waals surface area contributed by atoms with Gasteiger partial charge in [-0.3, -0.25) is 4.90 Å². The van der Waals surface area contributed by atoms with Gasteiger partial charge in [-0.1, -0.05) is 29.8 Å². The normalized spacial score (nSPS) is 22.8. The van der Waals surface area contributed by atoms with Crippen LogP contribution in [0.5, 0.6) is 0 Å². The van der Waals surface area contributed by atoms with Gasteiger partial charge in [0, 0.05) is 38.8 Å². The Labute approximate surface area is 145 Å². The average Bonchev–Trinajstić information content (AvgIpc) is 3.09. The van der Waals surface area contributed by atoms with Crippen molar-refractivity contribution in [2.24, 2.45) is 4.99 Å². The molecule has 1 unspecified atom stereocenters. The molecule has 1 atom stereocenters. The number of guanidine groups is 1. The molecule has 132 valence electrons. The van der Waals surface area contributed by atoms with Crippen LogP contribution in [0.2, 0.25) is 0 Å². The van der Waals surface area contributed by atoms with Crippen LogP contribution in [0.3, 0.4) is 0 Å². The fourth-order valence-corrected chi connectivity index (χ4v) is 3.58. The second-order valence-electron chi connectivity index (χ2n) is 6.70. The largest absolute Gasteiger partial charge is 0.379 e. The summed E-state index contributed by atoms with van der Waals surface area (Å²) in [6, 6.07) is 9.24. The number of nitrogens with one attached hydrogen (secondary N) is 1. The minimum atomic E-state index is 0.636. The van der Waals surface area contributed by atoms with E-state index in [1.165, 1.54) is 17.5 Å². The standard InChI is InChI=1S/C19H30N4O/c1-3-20-19(21-14-17-6-4-5-16(2)13-17)23-8-7-18(15-23)22-9-11-24-12-10-22/h4-6,13,18H,3,7-12,14-15H2,1-2H3,(H,20,21). The first-order chi connectivity index (χ1) is 11.8. The van der Waals surface area contributed by atoms with Gasteiger partial charge in [0.2, 0.25) is 0 Å². The molecule has 5 nitrogen and oxygen atoms in total. The van der Waals surface area contributed by atoms with Crippen molar-refractivity contribution in [1.82, 2.24) is 15.1 Å². The summed E-state index contributed by atoms with van der Waals surface area (Å²) in [5.41, 5.74) is 2.57. The van der Waals surface area contributed by atoms with Gasteiger partial charge in [-0.05, 0) is 25.8 Å². The second kappa shape index (κ2) is 8.49. The lowest BCUT2D eigenvalue weighted by atomic mass is 10.1. The first-order valence-electron chi connectivity index (χ1n) is 9.17. The molecular weight excluding hydrogens is 300 g/mol. The van der Waals surface area contributed by atoms with Crippen LogP contribution in [0.15, 0.2) is 29.3 Å². The monoisotopic (exact) mass is 330 g/mol. The second-order valence-corrected chi connectivity index (χ2v) is 6.70. The van der Waals surface area contributed by atoms with Gasteiger partial charge < -0.3 is 15.0 Å². The summed E-state index contributed by atoms with van der Waals surface area (Å²) in [7, 11) is 0. The van der Waals surface area contributed by atoms with Crippen molar-refractivity contribution in [1.29, 1.82) is 0 Å². The van der Waals surface area contributed by atoms with E-state index >= 15 is 0 Å². The molecule has 5 heteroatoms. The maximum atomic E-state index is 5.48. The van der Waals surface area contributed by atoms with E-state index in [0.717, 1.165) is 58.4 Å². The Morgan fingerprint density at radius 2 is 2.12 bits per heavy atom. The predicted molar refractivity (Wildman–Crippen MR) is 98.4 cm³/mol.